The van der Waals surface area contributed by atoms with E-state index in [-0.39, 0.29) is 61.0 Å². The SMILES string of the molecule is NC1=[NH+][C@H]2[C@H](CN3C(=O)CCC3=O)NC(N)=[N+]3CC(NC(=O)c4cccc5c4CCCC54CCC4)C(O)(O)[C@]23N1. The molecule has 7 rings (SSSR count). The molecule has 2 saturated heterocycles. The number of nitrogens with zero attached hydrogens (tertiary/aromatic N) is 2. The molecule has 0 aromatic heterocycles. The first-order valence-electron chi connectivity index (χ1n) is 14.1. The van der Waals surface area contributed by atoms with Crippen LogP contribution in [0.5, 0.6) is 0 Å². The van der Waals surface area contributed by atoms with Crippen molar-refractivity contribution >= 4 is 29.6 Å². The summed E-state index contributed by atoms with van der Waals surface area (Å²) in [6.45, 7) is -0.0606. The second-order valence-corrected chi connectivity index (χ2v) is 12.1. The lowest BCUT2D eigenvalue weighted by Crippen LogP contribution is -2.92. The number of guanidine groups is 2. The molecule has 13 nitrogen and oxygen atoms in total. The number of carbonyl (C=O) groups is 3. The van der Waals surface area contributed by atoms with Crippen LogP contribution in [0.25, 0.3) is 0 Å². The van der Waals surface area contributed by atoms with Crippen LogP contribution in [0.15, 0.2) is 18.2 Å². The highest BCUT2D eigenvalue weighted by molar-refractivity contribution is 6.02. The summed E-state index contributed by atoms with van der Waals surface area (Å²) in [4.78, 5) is 42.6. The Morgan fingerprint density at radius 1 is 1.12 bits per heavy atom. The fourth-order valence-corrected chi connectivity index (χ4v) is 8.08. The van der Waals surface area contributed by atoms with Crippen LogP contribution in [0, 0.1) is 0 Å². The van der Waals surface area contributed by atoms with Crippen LogP contribution in [0.3, 0.4) is 0 Å². The van der Waals surface area contributed by atoms with E-state index < -0.39 is 29.6 Å². The molecule has 13 heteroatoms. The fourth-order valence-electron chi connectivity index (χ4n) is 8.08. The quantitative estimate of drug-likeness (QED) is 0.103. The van der Waals surface area contributed by atoms with Gasteiger partial charge < -0.3 is 15.5 Å². The Morgan fingerprint density at radius 3 is 2.55 bits per heavy atom. The first-order chi connectivity index (χ1) is 19.1. The van der Waals surface area contributed by atoms with Gasteiger partial charge in [0.2, 0.25) is 11.8 Å². The second kappa shape index (κ2) is 8.40. The van der Waals surface area contributed by atoms with Crippen LogP contribution in [0.2, 0.25) is 0 Å². The van der Waals surface area contributed by atoms with Gasteiger partial charge in [0.05, 0.1) is 13.1 Å². The van der Waals surface area contributed by atoms with Gasteiger partial charge in [0.1, 0.15) is 12.1 Å². The van der Waals surface area contributed by atoms with E-state index in [2.05, 4.69) is 27.0 Å². The normalized spacial score (nSPS) is 33.0. The molecule has 3 fully saturated rings. The molecule has 1 unspecified atom stereocenters. The minimum atomic E-state index is -2.55. The topological polar surface area (TPSA) is 200 Å². The largest absolute Gasteiger partial charge is 0.358 e. The van der Waals surface area contributed by atoms with E-state index in [1.807, 2.05) is 6.07 Å². The summed E-state index contributed by atoms with van der Waals surface area (Å²) in [7, 11) is 0. The number of benzene rings is 1. The summed E-state index contributed by atoms with van der Waals surface area (Å²) >= 11 is 0. The summed E-state index contributed by atoms with van der Waals surface area (Å²) in [6, 6.07) is 3.19. The summed E-state index contributed by atoms with van der Waals surface area (Å²) in [5.41, 5.74) is 13.9. The Morgan fingerprint density at radius 2 is 1.85 bits per heavy atom. The highest BCUT2D eigenvalue weighted by atomic mass is 16.5. The molecule has 2 aliphatic carbocycles. The minimum Gasteiger partial charge on any atom is -0.358 e. The van der Waals surface area contributed by atoms with Gasteiger partial charge in [0.15, 0.2) is 6.04 Å². The fraction of sp³-hybridized carbons (Fsp3) is 0.593. The molecule has 4 heterocycles. The van der Waals surface area contributed by atoms with Crippen molar-refractivity contribution in [2.75, 3.05) is 13.1 Å². The monoisotopic (exact) mass is 552 g/mol. The number of amides is 3. The lowest BCUT2D eigenvalue weighted by Gasteiger charge is -2.47. The van der Waals surface area contributed by atoms with Crippen LogP contribution in [-0.2, 0) is 21.4 Å². The van der Waals surface area contributed by atoms with Crippen LogP contribution in [0.4, 0.5) is 0 Å². The lowest BCUT2D eigenvalue weighted by atomic mass is 9.58. The van der Waals surface area contributed by atoms with Crippen molar-refractivity contribution < 1.29 is 34.2 Å². The smallest absolute Gasteiger partial charge is 0.347 e. The molecule has 4 aliphatic heterocycles. The Bertz CT molecular complexity index is 1380. The molecule has 2 spiro atoms. The average Bonchev–Trinajstić information content (AvgIpc) is 3.49. The maximum Gasteiger partial charge on any atom is 0.347 e. The first kappa shape index (κ1) is 25.3. The maximum absolute atomic E-state index is 13.7. The molecular weight excluding hydrogens is 516 g/mol. The molecule has 4 atom stereocenters. The van der Waals surface area contributed by atoms with Gasteiger partial charge >= 0.3 is 11.9 Å². The number of hydrogen-bond donors (Lipinski definition) is 8. The Kier molecular flexibility index (Phi) is 5.31. The third kappa shape index (κ3) is 3.24. The van der Waals surface area contributed by atoms with Crippen LogP contribution >= 0.6 is 0 Å². The Hall–Kier alpha value is -3.71. The highest BCUT2D eigenvalue weighted by Crippen LogP contribution is 2.51. The summed E-state index contributed by atoms with van der Waals surface area (Å²) in [6.07, 6.45) is 6.71. The first-order valence-corrected chi connectivity index (χ1v) is 14.1. The minimum absolute atomic E-state index is 0.0245. The van der Waals surface area contributed by atoms with Crippen molar-refractivity contribution in [2.24, 2.45) is 11.5 Å². The third-order valence-corrected chi connectivity index (χ3v) is 10.2. The molecule has 1 saturated carbocycles. The van der Waals surface area contributed by atoms with E-state index in [9.17, 15) is 24.6 Å². The van der Waals surface area contributed by atoms with Gasteiger partial charge in [-0.05, 0) is 54.7 Å². The van der Waals surface area contributed by atoms with Crippen LogP contribution in [-0.4, -0.2) is 92.0 Å². The predicted octanol–water partition coefficient (Wildman–Crippen LogP) is -4.25. The van der Waals surface area contributed by atoms with Gasteiger partial charge in [0.25, 0.3) is 17.4 Å². The number of aliphatic hydroxyl groups is 2. The zero-order chi connectivity index (χ0) is 28.0. The van der Waals surface area contributed by atoms with E-state index in [0.717, 1.165) is 42.6 Å². The molecule has 1 aromatic rings. The number of likely N-dealkylation sites (tertiary alicyclic amines) is 1. The molecule has 10 N–H and O–H groups in total. The molecule has 40 heavy (non-hydrogen) atoms. The van der Waals surface area contributed by atoms with E-state index in [0.29, 0.717) is 5.56 Å². The van der Waals surface area contributed by atoms with Gasteiger partial charge in [-0.3, -0.25) is 41.1 Å². The molecule has 0 radical (unpaired) electrons. The summed E-state index contributed by atoms with van der Waals surface area (Å²) in [5.74, 6) is -3.32. The number of carbonyl (C=O) groups excluding carboxylic acids is 3. The van der Waals surface area contributed by atoms with E-state index >= 15 is 0 Å². The second-order valence-electron chi connectivity index (χ2n) is 12.1. The van der Waals surface area contributed by atoms with Gasteiger partial charge in [-0.15, -0.1) is 0 Å². The lowest BCUT2D eigenvalue weighted by molar-refractivity contribution is -0.674. The average molecular weight is 553 g/mol. The van der Waals surface area contributed by atoms with Crippen molar-refractivity contribution in [1.82, 2.24) is 20.9 Å². The van der Waals surface area contributed by atoms with Gasteiger partial charge in [-0.2, -0.15) is 0 Å². The number of imide groups is 1. The van der Waals surface area contributed by atoms with E-state index in [4.69, 9.17) is 11.5 Å². The number of rotatable bonds is 4. The van der Waals surface area contributed by atoms with E-state index in [1.165, 1.54) is 12.0 Å². The molecular formula is C27H36N8O5+2. The number of hydrogen-bond acceptors (Lipinski definition) is 9. The van der Waals surface area contributed by atoms with Crippen molar-refractivity contribution in [3.63, 3.8) is 0 Å². The van der Waals surface area contributed by atoms with Crippen molar-refractivity contribution in [3.8, 4) is 0 Å². The van der Waals surface area contributed by atoms with Crippen molar-refractivity contribution in [2.45, 2.75) is 86.4 Å². The molecule has 212 valence electrons. The number of nitrogens with one attached hydrogen (secondary N) is 4. The van der Waals surface area contributed by atoms with Gasteiger partial charge in [0, 0.05) is 18.4 Å². The van der Waals surface area contributed by atoms with E-state index in [1.54, 1.807) is 10.6 Å². The number of nitrogens with two attached hydrogens (primary N) is 2. The van der Waals surface area contributed by atoms with Gasteiger partial charge in [-0.25, -0.2) is 9.89 Å². The highest BCUT2D eigenvalue weighted by Gasteiger charge is 2.78. The summed E-state index contributed by atoms with van der Waals surface area (Å²) < 4.78 is 1.55. The Labute approximate surface area is 230 Å². The zero-order valence-electron chi connectivity index (χ0n) is 22.2. The predicted molar refractivity (Wildman–Crippen MR) is 140 cm³/mol. The summed E-state index contributed by atoms with van der Waals surface area (Å²) in [5, 5.41) is 32.5. The van der Waals surface area contributed by atoms with Crippen LogP contribution < -0.4 is 32.4 Å². The molecule has 1 aromatic carbocycles. The molecule has 0 bridgehead atoms. The zero-order valence-corrected chi connectivity index (χ0v) is 22.2. The van der Waals surface area contributed by atoms with Crippen LogP contribution in [0.1, 0.15) is 66.4 Å². The standard InChI is InChI=1S/C27H34N8O5/c28-23-32-21-17(12-34-19(36)7-8-20(34)37)30-24(29)35-13-18(27(39,40)26(21,35)33-23)31-22(38)15-4-1-6-16-14(15)5-2-9-25(16)10-3-11-25/h1,4,6,17-18,21,39-40H,2-3,5,7-13H2,(H6,28,29,30,31,32,33,38)/p+2/t17-,18?,21-,26-/m0/s1. The van der Waals surface area contributed by atoms with Gasteiger partial charge in [-0.1, -0.05) is 18.6 Å². The molecule has 3 amide bonds. The number of fused-ring (bicyclic) bond motifs is 2. The van der Waals surface area contributed by atoms with Crippen molar-refractivity contribution in [1.29, 1.82) is 0 Å². The maximum atomic E-state index is 13.7. The Balaban J connectivity index is 1.20. The third-order valence-electron chi connectivity index (χ3n) is 10.2. The molecule has 6 aliphatic rings. The van der Waals surface area contributed by atoms with Crippen molar-refractivity contribution in [3.05, 3.63) is 34.9 Å².